The first-order valence-corrected chi connectivity index (χ1v) is 9.34. The van der Waals surface area contributed by atoms with Crippen molar-refractivity contribution in [1.29, 1.82) is 0 Å². The third-order valence-corrected chi connectivity index (χ3v) is 5.33. The van der Waals surface area contributed by atoms with Crippen LogP contribution < -0.4 is 4.74 Å². The minimum Gasteiger partial charge on any atom is -0.493 e. The maximum absolute atomic E-state index is 11.2. The number of furan rings is 1. The summed E-state index contributed by atoms with van der Waals surface area (Å²) in [5, 5.41) is 9.89. The quantitative estimate of drug-likeness (QED) is 0.714. The van der Waals surface area contributed by atoms with Crippen LogP contribution in [0, 0.1) is 0 Å². The molecule has 0 spiro atoms. The number of carboxylic acids is 1. The number of methoxy groups -OCH3 is 1. The summed E-state index contributed by atoms with van der Waals surface area (Å²) in [6, 6.07) is 14.1. The molecule has 1 saturated heterocycles. The van der Waals surface area contributed by atoms with Gasteiger partial charge >= 0.3 is 5.97 Å². The van der Waals surface area contributed by atoms with E-state index in [0.29, 0.717) is 22.8 Å². The fraction of sp³-hybridized carbons (Fsp3) is 0.318. The van der Waals surface area contributed by atoms with Crippen molar-refractivity contribution in [3.63, 3.8) is 0 Å². The summed E-state index contributed by atoms with van der Waals surface area (Å²) in [6.07, 6.45) is 0. The van der Waals surface area contributed by atoms with Gasteiger partial charge in [0.05, 0.1) is 20.3 Å². The molecule has 1 unspecified atom stereocenters. The van der Waals surface area contributed by atoms with E-state index >= 15 is 0 Å². The molecule has 4 rings (SSSR count). The Labute approximate surface area is 163 Å². The third kappa shape index (κ3) is 3.48. The van der Waals surface area contributed by atoms with Crippen molar-refractivity contribution < 1.29 is 23.8 Å². The lowest BCUT2D eigenvalue weighted by Crippen LogP contribution is -2.37. The van der Waals surface area contributed by atoms with Crippen LogP contribution in [0.5, 0.6) is 5.75 Å². The van der Waals surface area contributed by atoms with Gasteiger partial charge in [-0.2, -0.15) is 0 Å². The largest absolute Gasteiger partial charge is 0.493 e. The summed E-state index contributed by atoms with van der Waals surface area (Å²) in [4.78, 5) is 13.6. The molecule has 0 bridgehead atoms. The Bertz CT molecular complexity index is 986. The number of nitrogens with zero attached hydrogens (tertiary/aromatic N) is 1. The summed E-state index contributed by atoms with van der Waals surface area (Å²) in [7, 11) is 1.55. The highest BCUT2D eigenvalue weighted by Gasteiger charge is 2.19. The van der Waals surface area contributed by atoms with Crippen molar-refractivity contribution in [2.24, 2.45) is 0 Å². The minimum absolute atomic E-state index is 0.0971. The molecule has 1 aliphatic heterocycles. The van der Waals surface area contributed by atoms with E-state index in [-0.39, 0.29) is 5.76 Å². The molecular formula is C22H23NO5. The van der Waals surface area contributed by atoms with Crippen LogP contribution in [0.2, 0.25) is 0 Å². The Hall–Kier alpha value is -2.83. The molecule has 0 radical (unpaired) electrons. The number of carbonyl (C=O) groups is 1. The van der Waals surface area contributed by atoms with Crippen molar-refractivity contribution in [3.8, 4) is 16.9 Å². The second-order valence-corrected chi connectivity index (χ2v) is 6.96. The van der Waals surface area contributed by atoms with E-state index in [1.807, 2.05) is 12.1 Å². The fourth-order valence-corrected chi connectivity index (χ4v) is 3.67. The average molecular weight is 381 g/mol. The predicted octanol–water partition coefficient (Wildman–Crippen LogP) is 4.20. The second-order valence-electron chi connectivity index (χ2n) is 6.96. The van der Waals surface area contributed by atoms with E-state index in [0.717, 1.165) is 37.4 Å². The molecule has 2 aromatic carbocycles. The van der Waals surface area contributed by atoms with Gasteiger partial charge in [-0.05, 0) is 41.8 Å². The van der Waals surface area contributed by atoms with E-state index in [4.69, 9.17) is 13.9 Å². The summed E-state index contributed by atoms with van der Waals surface area (Å²) in [5.74, 6) is -0.674. The zero-order chi connectivity index (χ0) is 19.7. The molecule has 1 atom stereocenters. The van der Waals surface area contributed by atoms with E-state index in [1.54, 1.807) is 7.11 Å². The summed E-state index contributed by atoms with van der Waals surface area (Å²) in [6.45, 7) is 5.68. The molecule has 0 saturated carbocycles. The lowest BCUT2D eigenvalue weighted by atomic mass is 9.99. The van der Waals surface area contributed by atoms with Gasteiger partial charge in [0, 0.05) is 24.5 Å². The van der Waals surface area contributed by atoms with Gasteiger partial charge in [0.2, 0.25) is 5.76 Å². The van der Waals surface area contributed by atoms with Crippen molar-refractivity contribution >= 4 is 16.9 Å². The van der Waals surface area contributed by atoms with Crippen LogP contribution in [-0.4, -0.2) is 49.4 Å². The van der Waals surface area contributed by atoms with Gasteiger partial charge in [0.1, 0.15) is 0 Å². The van der Waals surface area contributed by atoms with Crippen LogP contribution in [0.1, 0.15) is 29.1 Å². The molecule has 28 heavy (non-hydrogen) atoms. The van der Waals surface area contributed by atoms with Crippen LogP contribution >= 0.6 is 0 Å². The van der Waals surface area contributed by atoms with Gasteiger partial charge < -0.3 is 19.0 Å². The highest BCUT2D eigenvalue weighted by molar-refractivity contribution is 5.95. The first-order chi connectivity index (χ1) is 13.6. The van der Waals surface area contributed by atoms with E-state index < -0.39 is 5.97 Å². The first kappa shape index (κ1) is 18.5. The van der Waals surface area contributed by atoms with Crippen molar-refractivity contribution in [2.75, 3.05) is 33.4 Å². The Balaban J connectivity index is 1.65. The van der Waals surface area contributed by atoms with Crippen molar-refractivity contribution in [3.05, 3.63) is 53.8 Å². The highest BCUT2D eigenvalue weighted by atomic mass is 16.5. The van der Waals surface area contributed by atoms with Gasteiger partial charge in [0.15, 0.2) is 11.3 Å². The average Bonchev–Trinajstić information content (AvgIpc) is 3.18. The lowest BCUT2D eigenvalue weighted by Gasteiger charge is -2.32. The molecule has 3 aromatic rings. The maximum atomic E-state index is 11.2. The normalized spacial score (nSPS) is 16.2. The Kier molecular flexibility index (Phi) is 5.07. The zero-order valence-electron chi connectivity index (χ0n) is 16.0. The maximum Gasteiger partial charge on any atom is 0.371 e. The molecule has 146 valence electrons. The molecule has 1 aromatic heterocycles. The van der Waals surface area contributed by atoms with E-state index in [9.17, 15) is 9.90 Å². The van der Waals surface area contributed by atoms with Crippen LogP contribution in [0.25, 0.3) is 22.1 Å². The lowest BCUT2D eigenvalue weighted by molar-refractivity contribution is 0.0198. The third-order valence-electron chi connectivity index (χ3n) is 5.33. The molecule has 0 amide bonds. The number of carboxylic acid groups (broad SMARTS) is 1. The first-order valence-electron chi connectivity index (χ1n) is 9.34. The van der Waals surface area contributed by atoms with Crippen LogP contribution in [-0.2, 0) is 4.74 Å². The number of morpholine rings is 1. The fourth-order valence-electron chi connectivity index (χ4n) is 3.67. The van der Waals surface area contributed by atoms with Crippen molar-refractivity contribution in [1.82, 2.24) is 4.90 Å². The van der Waals surface area contributed by atoms with Crippen LogP contribution in [0.3, 0.4) is 0 Å². The second kappa shape index (κ2) is 7.66. The number of rotatable bonds is 5. The van der Waals surface area contributed by atoms with E-state index in [1.165, 1.54) is 11.6 Å². The zero-order valence-corrected chi connectivity index (χ0v) is 16.0. The Morgan fingerprint density at radius 3 is 2.46 bits per heavy atom. The molecule has 2 heterocycles. The smallest absolute Gasteiger partial charge is 0.371 e. The Morgan fingerprint density at radius 1 is 1.11 bits per heavy atom. The number of aromatic carboxylic acids is 1. The summed E-state index contributed by atoms with van der Waals surface area (Å²) in [5.41, 5.74) is 3.69. The number of hydrogen-bond acceptors (Lipinski definition) is 5. The minimum atomic E-state index is -1.10. The SMILES string of the molecule is COc1cc(-c2ccc(C(C)N3CCOCC3)cc2)cc2cc(C(=O)O)oc12. The number of benzene rings is 2. The van der Waals surface area contributed by atoms with Crippen molar-refractivity contribution in [2.45, 2.75) is 13.0 Å². The van der Waals surface area contributed by atoms with Crippen LogP contribution in [0.4, 0.5) is 0 Å². The molecule has 1 N–H and O–H groups in total. The molecular weight excluding hydrogens is 358 g/mol. The number of fused-ring (bicyclic) bond motifs is 1. The topological polar surface area (TPSA) is 72.1 Å². The van der Waals surface area contributed by atoms with Gasteiger partial charge in [-0.15, -0.1) is 0 Å². The monoisotopic (exact) mass is 381 g/mol. The Morgan fingerprint density at radius 2 is 1.82 bits per heavy atom. The molecule has 0 aliphatic carbocycles. The van der Waals surface area contributed by atoms with Gasteiger partial charge in [-0.3, -0.25) is 4.90 Å². The molecule has 1 aliphatic rings. The molecule has 6 heteroatoms. The predicted molar refractivity (Wildman–Crippen MR) is 106 cm³/mol. The highest BCUT2D eigenvalue weighted by Crippen LogP contribution is 2.35. The number of hydrogen-bond donors (Lipinski definition) is 1. The van der Waals surface area contributed by atoms with Gasteiger partial charge in [0.25, 0.3) is 0 Å². The van der Waals surface area contributed by atoms with Gasteiger partial charge in [-0.25, -0.2) is 4.79 Å². The van der Waals surface area contributed by atoms with Gasteiger partial charge in [-0.1, -0.05) is 24.3 Å². The standard InChI is InChI=1S/C22H23NO5/c1-14(23-7-9-27-10-8-23)15-3-5-16(6-4-15)17-11-18-13-20(22(24)25)28-21(18)19(12-17)26-2/h3-6,11-14H,7-10H2,1-2H3,(H,24,25). The molecule has 6 nitrogen and oxygen atoms in total. The summed E-state index contributed by atoms with van der Waals surface area (Å²) >= 11 is 0. The summed E-state index contributed by atoms with van der Waals surface area (Å²) < 4.78 is 16.3. The van der Waals surface area contributed by atoms with Crippen LogP contribution in [0.15, 0.2) is 46.9 Å². The number of ether oxygens (including phenoxy) is 2. The van der Waals surface area contributed by atoms with E-state index in [2.05, 4.69) is 36.1 Å². The molecule has 1 fully saturated rings.